The molecule has 0 saturated heterocycles. The van der Waals surface area contributed by atoms with Gasteiger partial charge in [-0.15, -0.1) is 0 Å². The number of phenols is 2. The van der Waals surface area contributed by atoms with Crippen LogP contribution >= 0.6 is 0 Å². The molecule has 1 aromatic rings. The predicted octanol–water partition coefficient (Wildman–Crippen LogP) is 0.546. The van der Waals surface area contributed by atoms with E-state index in [4.69, 9.17) is 15.2 Å². The molecule has 0 saturated carbocycles. The lowest BCUT2D eigenvalue weighted by Crippen LogP contribution is -2.37. The van der Waals surface area contributed by atoms with Gasteiger partial charge in [0.05, 0.1) is 6.61 Å². The van der Waals surface area contributed by atoms with Crippen molar-refractivity contribution in [1.82, 2.24) is 0 Å². The molecule has 0 aliphatic carbocycles. The van der Waals surface area contributed by atoms with Gasteiger partial charge in [0.1, 0.15) is 12.1 Å². The SMILES string of the molecule is COCC(C)OC(=O)C(N)Cc1ccc(O)c(O)c1. The van der Waals surface area contributed by atoms with Crippen LogP contribution in [0.5, 0.6) is 11.5 Å². The zero-order valence-electron chi connectivity index (χ0n) is 11.0. The Kier molecular flexibility index (Phi) is 5.59. The van der Waals surface area contributed by atoms with Crippen molar-refractivity contribution < 1.29 is 24.5 Å². The average Bonchev–Trinajstić information content (AvgIpc) is 2.34. The minimum atomic E-state index is -0.830. The highest BCUT2D eigenvalue weighted by Gasteiger charge is 2.18. The van der Waals surface area contributed by atoms with E-state index in [0.29, 0.717) is 12.2 Å². The Bertz CT molecular complexity index is 435. The van der Waals surface area contributed by atoms with Crippen LogP contribution in [0.15, 0.2) is 18.2 Å². The zero-order valence-corrected chi connectivity index (χ0v) is 11.0. The van der Waals surface area contributed by atoms with Crippen LogP contribution in [0.2, 0.25) is 0 Å². The van der Waals surface area contributed by atoms with Crippen LogP contribution in [0, 0.1) is 0 Å². The van der Waals surface area contributed by atoms with Gasteiger partial charge in [-0.3, -0.25) is 4.79 Å². The Morgan fingerprint density at radius 3 is 2.63 bits per heavy atom. The maximum absolute atomic E-state index is 11.7. The monoisotopic (exact) mass is 269 g/mol. The Morgan fingerprint density at radius 2 is 2.05 bits per heavy atom. The molecule has 0 bridgehead atoms. The molecule has 2 atom stereocenters. The molecule has 1 rings (SSSR count). The number of ether oxygens (including phenoxy) is 2. The number of hydrogen-bond donors (Lipinski definition) is 3. The summed E-state index contributed by atoms with van der Waals surface area (Å²) >= 11 is 0. The van der Waals surface area contributed by atoms with Gasteiger partial charge >= 0.3 is 5.97 Å². The molecule has 6 nitrogen and oxygen atoms in total. The fraction of sp³-hybridized carbons (Fsp3) is 0.462. The highest BCUT2D eigenvalue weighted by Crippen LogP contribution is 2.25. The number of carbonyl (C=O) groups excluding carboxylic acids is 1. The molecule has 6 heteroatoms. The molecular weight excluding hydrogens is 250 g/mol. The van der Waals surface area contributed by atoms with Crippen molar-refractivity contribution in [1.29, 1.82) is 0 Å². The number of esters is 1. The summed E-state index contributed by atoms with van der Waals surface area (Å²) in [6, 6.07) is 3.46. The van der Waals surface area contributed by atoms with Crippen molar-refractivity contribution in [2.75, 3.05) is 13.7 Å². The normalized spacial score (nSPS) is 13.8. The summed E-state index contributed by atoms with van der Waals surface area (Å²) < 4.78 is 9.93. The third-order valence-corrected chi connectivity index (χ3v) is 2.52. The van der Waals surface area contributed by atoms with E-state index in [9.17, 15) is 15.0 Å². The molecule has 0 aromatic heterocycles. The number of methoxy groups -OCH3 is 1. The van der Waals surface area contributed by atoms with Crippen molar-refractivity contribution in [3.05, 3.63) is 23.8 Å². The van der Waals surface area contributed by atoms with Gasteiger partial charge in [0, 0.05) is 7.11 Å². The first-order valence-corrected chi connectivity index (χ1v) is 5.90. The molecule has 1 aromatic carbocycles. The Morgan fingerprint density at radius 1 is 1.37 bits per heavy atom. The van der Waals surface area contributed by atoms with E-state index in [2.05, 4.69) is 0 Å². The van der Waals surface area contributed by atoms with E-state index >= 15 is 0 Å². The second-order valence-electron chi connectivity index (χ2n) is 4.34. The molecule has 106 valence electrons. The number of nitrogens with two attached hydrogens (primary N) is 1. The van der Waals surface area contributed by atoms with E-state index < -0.39 is 12.0 Å². The predicted molar refractivity (Wildman–Crippen MR) is 68.9 cm³/mol. The quantitative estimate of drug-likeness (QED) is 0.515. The van der Waals surface area contributed by atoms with Gasteiger partial charge in [-0.2, -0.15) is 0 Å². The van der Waals surface area contributed by atoms with E-state index in [1.54, 1.807) is 13.0 Å². The lowest BCUT2D eigenvalue weighted by Gasteiger charge is -2.16. The fourth-order valence-electron chi connectivity index (χ4n) is 1.59. The van der Waals surface area contributed by atoms with Crippen molar-refractivity contribution in [2.45, 2.75) is 25.5 Å². The first-order valence-electron chi connectivity index (χ1n) is 5.90. The molecule has 19 heavy (non-hydrogen) atoms. The van der Waals surface area contributed by atoms with Crippen LogP contribution in [0.3, 0.4) is 0 Å². The first-order chi connectivity index (χ1) is 8.93. The van der Waals surface area contributed by atoms with Crippen LogP contribution in [-0.4, -0.2) is 42.0 Å². The van der Waals surface area contributed by atoms with Crippen molar-refractivity contribution in [3.8, 4) is 11.5 Å². The van der Waals surface area contributed by atoms with Crippen LogP contribution < -0.4 is 5.73 Å². The fourth-order valence-corrected chi connectivity index (χ4v) is 1.59. The number of phenolic OH excluding ortho intramolecular Hbond substituents is 2. The molecule has 0 aliphatic heterocycles. The standard InChI is InChI=1S/C13H19NO5/c1-8(7-18-2)19-13(17)10(14)5-9-3-4-11(15)12(16)6-9/h3-4,6,8,10,15-16H,5,7,14H2,1-2H3. The molecule has 4 N–H and O–H groups in total. The minimum Gasteiger partial charge on any atom is -0.504 e. The summed E-state index contributed by atoms with van der Waals surface area (Å²) in [5.74, 6) is -0.989. The Balaban J connectivity index is 2.56. The molecule has 0 amide bonds. The maximum atomic E-state index is 11.7. The molecule has 0 radical (unpaired) electrons. The van der Waals surface area contributed by atoms with Gasteiger partial charge in [0.2, 0.25) is 0 Å². The summed E-state index contributed by atoms with van der Waals surface area (Å²) in [7, 11) is 1.52. The number of hydrogen-bond acceptors (Lipinski definition) is 6. The van der Waals surface area contributed by atoms with E-state index in [-0.39, 0.29) is 24.0 Å². The van der Waals surface area contributed by atoms with Crippen molar-refractivity contribution in [2.24, 2.45) is 5.73 Å². The lowest BCUT2D eigenvalue weighted by molar-refractivity contribution is -0.152. The van der Waals surface area contributed by atoms with Gasteiger partial charge in [0.15, 0.2) is 11.5 Å². The number of aromatic hydroxyl groups is 2. The van der Waals surface area contributed by atoms with Crippen LogP contribution in [0.4, 0.5) is 0 Å². The molecular formula is C13H19NO5. The van der Waals surface area contributed by atoms with Crippen LogP contribution in [0.1, 0.15) is 12.5 Å². The highest BCUT2D eigenvalue weighted by molar-refractivity contribution is 5.76. The minimum absolute atomic E-state index is 0.214. The van der Waals surface area contributed by atoms with Crippen molar-refractivity contribution in [3.63, 3.8) is 0 Å². The zero-order chi connectivity index (χ0) is 14.4. The molecule has 0 aliphatic rings. The van der Waals surface area contributed by atoms with Crippen LogP contribution in [-0.2, 0) is 20.7 Å². The first kappa shape index (κ1) is 15.3. The van der Waals surface area contributed by atoms with Gasteiger partial charge in [0.25, 0.3) is 0 Å². The number of benzene rings is 1. The Labute approximate surface area is 111 Å². The van der Waals surface area contributed by atoms with Crippen LogP contribution in [0.25, 0.3) is 0 Å². The summed E-state index contributed by atoms with van der Waals surface area (Å²) in [4.78, 5) is 11.7. The van der Waals surface area contributed by atoms with Gasteiger partial charge < -0.3 is 25.4 Å². The maximum Gasteiger partial charge on any atom is 0.323 e. The lowest BCUT2D eigenvalue weighted by atomic mass is 10.1. The summed E-state index contributed by atoms with van der Waals surface area (Å²) in [6.45, 7) is 2.01. The molecule has 0 spiro atoms. The second kappa shape index (κ2) is 6.96. The van der Waals surface area contributed by atoms with E-state index in [0.717, 1.165) is 0 Å². The topological polar surface area (TPSA) is 102 Å². The summed E-state index contributed by atoms with van der Waals surface area (Å²) in [6.07, 6.45) is -0.149. The van der Waals surface area contributed by atoms with Gasteiger partial charge in [-0.25, -0.2) is 0 Å². The second-order valence-corrected chi connectivity index (χ2v) is 4.34. The summed E-state index contributed by atoms with van der Waals surface area (Å²) in [5, 5.41) is 18.5. The van der Waals surface area contributed by atoms with Gasteiger partial charge in [-0.1, -0.05) is 6.07 Å². The van der Waals surface area contributed by atoms with E-state index in [1.165, 1.54) is 19.2 Å². The Hall–Kier alpha value is -1.79. The molecule has 2 unspecified atom stereocenters. The average molecular weight is 269 g/mol. The molecule has 0 fully saturated rings. The smallest absolute Gasteiger partial charge is 0.323 e. The third kappa shape index (κ3) is 4.76. The van der Waals surface area contributed by atoms with E-state index in [1.807, 2.05) is 0 Å². The van der Waals surface area contributed by atoms with Crippen molar-refractivity contribution >= 4 is 5.97 Å². The summed E-state index contributed by atoms with van der Waals surface area (Å²) in [5.41, 5.74) is 6.36. The number of carbonyl (C=O) groups is 1. The largest absolute Gasteiger partial charge is 0.504 e. The molecule has 0 heterocycles. The third-order valence-electron chi connectivity index (χ3n) is 2.52. The number of rotatable bonds is 6. The van der Waals surface area contributed by atoms with Gasteiger partial charge in [-0.05, 0) is 31.0 Å². The highest BCUT2D eigenvalue weighted by atomic mass is 16.6.